The molecule has 0 bridgehead atoms. The molecule has 2 aliphatic heterocycles. The lowest BCUT2D eigenvalue weighted by atomic mass is 9.99. The van der Waals surface area contributed by atoms with E-state index in [1.807, 2.05) is 6.07 Å². The SMILES string of the molecule is CN1CCN(CCNc2nccc(-c3sc(C4CCNCC4)nc3-c3ccc(F)cc3)n2)CC1. The second-order valence-electron chi connectivity index (χ2n) is 9.10. The van der Waals surface area contributed by atoms with Gasteiger partial charge in [0.2, 0.25) is 5.95 Å². The number of piperazine rings is 1. The van der Waals surface area contributed by atoms with Crippen molar-refractivity contribution in [3.63, 3.8) is 0 Å². The highest BCUT2D eigenvalue weighted by molar-refractivity contribution is 7.15. The van der Waals surface area contributed by atoms with Crippen molar-refractivity contribution in [2.75, 3.05) is 64.7 Å². The molecular formula is C25H32FN7S. The standard InChI is InChI=1S/C25H32FN7S/c1-32-14-16-33(17-15-32)13-12-29-25-28-11-8-21(30-25)23-22(18-2-4-20(26)5-3-18)31-24(34-23)19-6-9-27-10-7-19/h2-5,8,11,19,27H,6-7,9-10,12-17H2,1H3,(H,28,29,30). The fourth-order valence-electron chi connectivity index (χ4n) is 4.52. The number of halogens is 1. The molecule has 1 aromatic carbocycles. The van der Waals surface area contributed by atoms with E-state index in [4.69, 9.17) is 9.97 Å². The first-order valence-corrected chi connectivity index (χ1v) is 12.9. The molecule has 34 heavy (non-hydrogen) atoms. The van der Waals surface area contributed by atoms with E-state index < -0.39 is 0 Å². The van der Waals surface area contributed by atoms with E-state index in [0.29, 0.717) is 11.9 Å². The first-order valence-electron chi connectivity index (χ1n) is 12.1. The van der Waals surface area contributed by atoms with E-state index in [2.05, 4.69) is 32.5 Å². The lowest BCUT2D eigenvalue weighted by Gasteiger charge is -2.32. The zero-order valence-corrected chi connectivity index (χ0v) is 20.5. The average Bonchev–Trinajstić information content (AvgIpc) is 3.32. The van der Waals surface area contributed by atoms with Gasteiger partial charge in [-0.3, -0.25) is 4.90 Å². The van der Waals surface area contributed by atoms with Crippen LogP contribution in [0.3, 0.4) is 0 Å². The minimum Gasteiger partial charge on any atom is -0.353 e. The van der Waals surface area contributed by atoms with Gasteiger partial charge in [0, 0.05) is 56.9 Å². The lowest BCUT2D eigenvalue weighted by molar-refractivity contribution is 0.158. The molecule has 4 heterocycles. The van der Waals surface area contributed by atoms with Gasteiger partial charge in [0.1, 0.15) is 5.82 Å². The Morgan fingerprint density at radius 1 is 1.06 bits per heavy atom. The lowest BCUT2D eigenvalue weighted by Crippen LogP contribution is -2.45. The van der Waals surface area contributed by atoms with E-state index in [1.165, 1.54) is 12.1 Å². The van der Waals surface area contributed by atoms with Crippen molar-refractivity contribution in [3.05, 3.63) is 47.4 Å². The Morgan fingerprint density at radius 2 is 1.82 bits per heavy atom. The number of piperidine rings is 1. The summed E-state index contributed by atoms with van der Waals surface area (Å²) in [7, 11) is 2.17. The van der Waals surface area contributed by atoms with Crippen LogP contribution in [-0.2, 0) is 0 Å². The number of benzene rings is 1. The van der Waals surface area contributed by atoms with Crippen LogP contribution in [0.2, 0.25) is 0 Å². The Labute approximate surface area is 204 Å². The number of thiazole rings is 1. The predicted octanol–water partition coefficient (Wildman–Crippen LogP) is 3.53. The normalized spacial score (nSPS) is 18.3. The van der Waals surface area contributed by atoms with E-state index in [0.717, 1.165) is 92.0 Å². The highest BCUT2D eigenvalue weighted by atomic mass is 32.1. The molecule has 9 heteroatoms. The van der Waals surface area contributed by atoms with Crippen LogP contribution < -0.4 is 10.6 Å². The molecule has 2 N–H and O–H groups in total. The smallest absolute Gasteiger partial charge is 0.223 e. The van der Waals surface area contributed by atoms with E-state index in [9.17, 15) is 4.39 Å². The molecule has 180 valence electrons. The molecule has 3 aromatic rings. The summed E-state index contributed by atoms with van der Waals surface area (Å²) in [5, 5.41) is 7.97. The summed E-state index contributed by atoms with van der Waals surface area (Å²) in [5.41, 5.74) is 2.64. The van der Waals surface area contributed by atoms with Crippen LogP contribution in [0.15, 0.2) is 36.5 Å². The molecule has 0 spiro atoms. The molecule has 2 aromatic heterocycles. The summed E-state index contributed by atoms with van der Waals surface area (Å²) in [5.74, 6) is 0.837. The fourth-order valence-corrected chi connectivity index (χ4v) is 5.75. The largest absolute Gasteiger partial charge is 0.353 e. The number of nitrogens with zero attached hydrogens (tertiary/aromatic N) is 5. The summed E-state index contributed by atoms with van der Waals surface area (Å²) < 4.78 is 13.6. The van der Waals surface area contributed by atoms with Crippen LogP contribution in [0.4, 0.5) is 10.3 Å². The van der Waals surface area contributed by atoms with Crippen molar-refractivity contribution in [1.82, 2.24) is 30.1 Å². The van der Waals surface area contributed by atoms with Gasteiger partial charge in [0.25, 0.3) is 0 Å². The third-order valence-corrected chi connectivity index (χ3v) is 7.89. The third kappa shape index (κ3) is 5.60. The van der Waals surface area contributed by atoms with Crippen molar-refractivity contribution < 1.29 is 4.39 Å². The van der Waals surface area contributed by atoms with Crippen molar-refractivity contribution in [2.45, 2.75) is 18.8 Å². The zero-order valence-electron chi connectivity index (χ0n) is 19.6. The van der Waals surface area contributed by atoms with Crippen molar-refractivity contribution >= 4 is 17.3 Å². The van der Waals surface area contributed by atoms with Gasteiger partial charge in [-0.05, 0) is 63.3 Å². The minimum absolute atomic E-state index is 0.243. The predicted molar refractivity (Wildman–Crippen MR) is 136 cm³/mol. The zero-order chi connectivity index (χ0) is 23.3. The number of hydrogen-bond donors (Lipinski definition) is 2. The van der Waals surface area contributed by atoms with Gasteiger partial charge >= 0.3 is 0 Å². The maximum absolute atomic E-state index is 13.6. The highest BCUT2D eigenvalue weighted by Crippen LogP contribution is 2.40. The van der Waals surface area contributed by atoms with Gasteiger partial charge in [0.15, 0.2) is 0 Å². The van der Waals surface area contributed by atoms with Crippen LogP contribution in [0.1, 0.15) is 23.8 Å². The Morgan fingerprint density at radius 3 is 2.59 bits per heavy atom. The van der Waals surface area contributed by atoms with Gasteiger partial charge in [0.05, 0.1) is 21.3 Å². The number of anilines is 1. The molecular weight excluding hydrogens is 449 g/mol. The van der Waals surface area contributed by atoms with Crippen molar-refractivity contribution in [3.8, 4) is 21.8 Å². The number of hydrogen-bond acceptors (Lipinski definition) is 8. The number of nitrogens with one attached hydrogen (secondary N) is 2. The first kappa shape index (κ1) is 23.3. The summed E-state index contributed by atoms with van der Waals surface area (Å²) >= 11 is 1.71. The molecule has 0 saturated carbocycles. The van der Waals surface area contributed by atoms with E-state index >= 15 is 0 Å². The minimum atomic E-state index is -0.243. The molecule has 2 aliphatic rings. The van der Waals surface area contributed by atoms with Gasteiger partial charge < -0.3 is 15.5 Å². The first-order chi connectivity index (χ1) is 16.7. The molecule has 0 atom stereocenters. The monoisotopic (exact) mass is 481 g/mol. The van der Waals surface area contributed by atoms with Gasteiger partial charge in [-0.25, -0.2) is 19.3 Å². The quantitative estimate of drug-likeness (QED) is 0.535. The number of likely N-dealkylation sites (N-methyl/N-ethyl adjacent to an activating group) is 1. The highest BCUT2D eigenvalue weighted by Gasteiger charge is 2.23. The Hall–Kier alpha value is -2.46. The number of aromatic nitrogens is 3. The number of rotatable bonds is 7. The second-order valence-corrected chi connectivity index (χ2v) is 10.1. The Bertz CT molecular complexity index is 1070. The average molecular weight is 482 g/mol. The molecule has 5 rings (SSSR count). The summed E-state index contributed by atoms with van der Waals surface area (Å²) in [6.45, 7) is 8.23. The topological polar surface area (TPSA) is 69.2 Å². The van der Waals surface area contributed by atoms with Crippen LogP contribution in [0.25, 0.3) is 21.8 Å². The second kappa shape index (κ2) is 10.9. The van der Waals surface area contributed by atoms with Crippen molar-refractivity contribution in [2.24, 2.45) is 0 Å². The fraction of sp³-hybridized carbons (Fsp3) is 0.480. The molecule has 0 unspecified atom stereocenters. The molecule has 2 fully saturated rings. The summed E-state index contributed by atoms with van der Waals surface area (Å²) in [6, 6.07) is 8.54. The summed E-state index contributed by atoms with van der Waals surface area (Å²) in [4.78, 5) is 20.2. The van der Waals surface area contributed by atoms with Crippen LogP contribution in [-0.4, -0.2) is 84.2 Å². The molecule has 7 nitrogen and oxygen atoms in total. The van der Waals surface area contributed by atoms with Gasteiger partial charge in [-0.1, -0.05) is 0 Å². The molecule has 2 saturated heterocycles. The molecule has 0 radical (unpaired) electrons. The maximum Gasteiger partial charge on any atom is 0.223 e. The Kier molecular flexibility index (Phi) is 7.44. The van der Waals surface area contributed by atoms with Crippen LogP contribution >= 0.6 is 11.3 Å². The van der Waals surface area contributed by atoms with Gasteiger partial charge in [-0.15, -0.1) is 11.3 Å². The van der Waals surface area contributed by atoms with Crippen LogP contribution in [0, 0.1) is 5.82 Å². The maximum atomic E-state index is 13.6. The Balaban J connectivity index is 1.36. The third-order valence-electron chi connectivity index (χ3n) is 6.65. The molecule has 0 aliphatic carbocycles. The van der Waals surface area contributed by atoms with Crippen LogP contribution in [0.5, 0.6) is 0 Å². The van der Waals surface area contributed by atoms with E-state index in [-0.39, 0.29) is 5.82 Å². The van der Waals surface area contributed by atoms with Crippen molar-refractivity contribution in [1.29, 1.82) is 0 Å². The van der Waals surface area contributed by atoms with E-state index in [1.54, 1.807) is 29.7 Å². The van der Waals surface area contributed by atoms with Gasteiger partial charge in [-0.2, -0.15) is 0 Å². The molecule has 0 amide bonds. The summed E-state index contributed by atoms with van der Waals surface area (Å²) in [6.07, 6.45) is 3.97.